The highest BCUT2D eigenvalue weighted by Gasteiger charge is 2.31. The summed E-state index contributed by atoms with van der Waals surface area (Å²) in [5.74, 6) is 1.62. The van der Waals surface area contributed by atoms with Crippen LogP contribution in [0, 0.1) is 11.8 Å². The number of aromatic nitrogens is 2. The molecule has 3 rings (SSSR count). The molecule has 1 aliphatic carbocycles. The second-order valence-corrected chi connectivity index (χ2v) is 7.20. The first kappa shape index (κ1) is 17.9. The minimum Gasteiger partial charge on any atom is -0.423 e. The maximum atomic E-state index is 12.5. The molecule has 1 atom stereocenters. The summed E-state index contributed by atoms with van der Waals surface area (Å²) < 4.78 is 5.41. The van der Waals surface area contributed by atoms with Crippen LogP contribution >= 0.6 is 0 Å². The zero-order valence-corrected chi connectivity index (χ0v) is 15.0. The van der Waals surface area contributed by atoms with Crippen LogP contribution in [0.2, 0.25) is 0 Å². The lowest BCUT2D eigenvalue weighted by atomic mass is 9.87. The van der Waals surface area contributed by atoms with E-state index >= 15 is 0 Å². The second-order valence-electron chi connectivity index (χ2n) is 7.20. The van der Waals surface area contributed by atoms with E-state index in [0.717, 1.165) is 6.54 Å². The number of piperidine rings is 1. The molecular weight excluding hydrogens is 320 g/mol. The fourth-order valence-corrected chi connectivity index (χ4v) is 3.80. The van der Waals surface area contributed by atoms with Crippen LogP contribution in [0.3, 0.4) is 0 Å². The Labute approximate surface area is 148 Å². The molecule has 138 valence electrons. The number of amides is 2. The molecule has 1 saturated heterocycles. The molecule has 7 nitrogen and oxygen atoms in total. The lowest BCUT2D eigenvalue weighted by molar-refractivity contribution is -0.139. The fourth-order valence-electron chi connectivity index (χ4n) is 3.80. The quantitative estimate of drug-likeness (QED) is 0.850. The van der Waals surface area contributed by atoms with Crippen molar-refractivity contribution in [2.24, 2.45) is 11.8 Å². The minimum absolute atomic E-state index is 0.0302. The Balaban J connectivity index is 1.49. The molecule has 1 N–H and O–H groups in total. The number of nitrogens with one attached hydrogen (secondary N) is 1. The SMILES string of the molecule is CCc1nnc(CNC(=O)C2CCC(=O)N(CC3CCCCC3)C2)o1. The molecule has 25 heavy (non-hydrogen) atoms. The zero-order valence-electron chi connectivity index (χ0n) is 15.0. The highest BCUT2D eigenvalue weighted by Crippen LogP contribution is 2.27. The van der Waals surface area contributed by atoms with Gasteiger partial charge < -0.3 is 14.6 Å². The molecule has 2 heterocycles. The average molecular weight is 348 g/mol. The van der Waals surface area contributed by atoms with Crippen molar-refractivity contribution >= 4 is 11.8 Å². The average Bonchev–Trinajstić information content (AvgIpc) is 3.10. The molecule has 2 aliphatic rings. The molecule has 1 aromatic heterocycles. The van der Waals surface area contributed by atoms with Gasteiger partial charge in [0.15, 0.2) is 0 Å². The smallest absolute Gasteiger partial charge is 0.235 e. The molecule has 0 spiro atoms. The van der Waals surface area contributed by atoms with E-state index in [1.165, 1.54) is 32.1 Å². The van der Waals surface area contributed by atoms with E-state index in [0.29, 0.717) is 43.5 Å². The van der Waals surface area contributed by atoms with E-state index in [1.54, 1.807) is 0 Å². The van der Waals surface area contributed by atoms with Crippen LogP contribution < -0.4 is 5.32 Å². The summed E-state index contributed by atoms with van der Waals surface area (Å²) in [5.41, 5.74) is 0. The number of hydrogen-bond donors (Lipinski definition) is 1. The molecule has 1 saturated carbocycles. The van der Waals surface area contributed by atoms with E-state index in [2.05, 4.69) is 15.5 Å². The summed E-state index contributed by atoms with van der Waals surface area (Å²) >= 11 is 0. The Morgan fingerprint density at radius 3 is 2.68 bits per heavy atom. The van der Waals surface area contributed by atoms with Crippen LogP contribution in [0.15, 0.2) is 4.42 Å². The van der Waals surface area contributed by atoms with Gasteiger partial charge in [0.2, 0.25) is 23.6 Å². The van der Waals surface area contributed by atoms with Gasteiger partial charge in [-0.15, -0.1) is 10.2 Å². The van der Waals surface area contributed by atoms with Crippen LogP contribution in [0.25, 0.3) is 0 Å². The summed E-state index contributed by atoms with van der Waals surface area (Å²) in [6.07, 6.45) is 8.02. The van der Waals surface area contributed by atoms with Crippen molar-refractivity contribution in [2.45, 2.75) is 64.8 Å². The first-order chi connectivity index (χ1) is 12.2. The van der Waals surface area contributed by atoms with Crippen LogP contribution in [-0.4, -0.2) is 40.0 Å². The molecular formula is C18H28N4O3. The first-order valence-corrected chi connectivity index (χ1v) is 9.52. The van der Waals surface area contributed by atoms with E-state index in [1.807, 2.05) is 11.8 Å². The van der Waals surface area contributed by atoms with Crippen molar-refractivity contribution in [2.75, 3.05) is 13.1 Å². The summed E-state index contributed by atoms with van der Waals surface area (Å²) in [5, 5.41) is 10.7. The zero-order chi connectivity index (χ0) is 17.6. The number of aryl methyl sites for hydroxylation is 1. The van der Waals surface area contributed by atoms with E-state index in [4.69, 9.17) is 4.42 Å². The Bertz CT molecular complexity index is 595. The highest BCUT2D eigenvalue weighted by molar-refractivity contribution is 5.83. The Kier molecular flexibility index (Phi) is 6.04. The monoisotopic (exact) mass is 348 g/mol. The third-order valence-corrected chi connectivity index (χ3v) is 5.30. The predicted octanol–water partition coefficient (Wildman–Crippen LogP) is 2.07. The molecule has 1 unspecified atom stereocenters. The van der Waals surface area contributed by atoms with Gasteiger partial charge in [-0.1, -0.05) is 26.2 Å². The molecule has 1 aliphatic heterocycles. The molecule has 0 bridgehead atoms. The van der Waals surface area contributed by atoms with E-state index in [9.17, 15) is 9.59 Å². The van der Waals surface area contributed by atoms with Gasteiger partial charge in [-0.3, -0.25) is 9.59 Å². The van der Waals surface area contributed by atoms with E-state index in [-0.39, 0.29) is 24.3 Å². The number of hydrogen-bond acceptors (Lipinski definition) is 5. The summed E-state index contributed by atoms with van der Waals surface area (Å²) in [6.45, 7) is 3.53. The van der Waals surface area contributed by atoms with Crippen LogP contribution in [0.5, 0.6) is 0 Å². The third kappa shape index (κ3) is 4.80. The normalized spacial score (nSPS) is 22.2. The third-order valence-electron chi connectivity index (χ3n) is 5.30. The number of rotatable bonds is 6. The van der Waals surface area contributed by atoms with Gasteiger partial charge in [-0.25, -0.2) is 0 Å². The molecule has 1 aromatic rings. The van der Waals surface area contributed by atoms with Gasteiger partial charge in [0, 0.05) is 25.9 Å². The van der Waals surface area contributed by atoms with Crippen molar-refractivity contribution in [1.82, 2.24) is 20.4 Å². The van der Waals surface area contributed by atoms with Gasteiger partial charge in [0.25, 0.3) is 0 Å². The van der Waals surface area contributed by atoms with Crippen molar-refractivity contribution in [3.05, 3.63) is 11.8 Å². The predicted molar refractivity (Wildman–Crippen MR) is 91.4 cm³/mol. The minimum atomic E-state index is -0.144. The number of nitrogens with zero attached hydrogens (tertiary/aromatic N) is 3. The molecule has 0 aromatic carbocycles. The lowest BCUT2D eigenvalue weighted by Gasteiger charge is -2.35. The fraction of sp³-hybridized carbons (Fsp3) is 0.778. The number of carbonyl (C=O) groups is 2. The van der Waals surface area contributed by atoms with Crippen LogP contribution in [-0.2, 0) is 22.6 Å². The largest absolute Gasteiger partial charge is 0.423 e. The van der Waals surface area contributed by atoms with Gasteiger partial charge >= 0.3 is 0 Å². The summed E-state index contributed by atoms with van der Waals surface area (Å²) in [6, 6.07) is 0. The maximum Gasteiger partial charge on any atom is 0.235 e. The lowest BCUT2D eigenvalue weighted by Crippen LogP contribution is -2.47. The molecule has 0 radical (unpaired) electrons. The first-order valence-electron chi connectivity index (χ1n) is 9.52. The van der Waals surface area contributed by atoms with Crippen molar-refractivity contribution in [1.29, 1.82) is 0 Å². The van der Waals surface area contributed by atoms with Crippen molar-refractivity contribution in [3.63, 3.8) is 0 Å². The Morgan fingerprint density at radius 2 is 1.96 bits per heavy atom. The van der Waals surface area contributed by atoms with Crippen molar-refractivity contribution in [3.8, 4) is 0 Å². The summed E-state index contributed by atoms with van der Waals surface area (Å²) in [4.78, 5) is 26.6. The molecule has 2 fully saturated rings. The molecule has 7 heteroatoms. The van der Waals surface area contributed by atoms with Crippen molar-refractivity contribution < 1.29 is 14.0 Å². The van der Waals surface area contributed by atoms with Crippen LogP contribution in [0.4, 0.5) is 0 Å². The standard InChI is InChI=1S/C18H28N4O3/c1-2-15-20-21-16(25-15)10-19-18(24)14-8-9-17(23)22(12-14)11-13-6-4-3-5-7-13/h13-14H,2-12H2,1H3,(H,19,24). The summed E-state index contributed by atoms with van der Waals surface area (Å²) in [7, 11) is 0. The van der Waals surface area contributed by atoms with Gasteiger partial charge in [0.05, 0.1) is 12.5 Å². The second kappa shape index (κ2) is 8.45. The van der Waals surface area contributed by atoms with Gasteiger partial charge in [0.1, 0.15) is 0 Å². The Hall–Kier alpha value is -1.92. The van der Waals surface area contributed by atoms with Gasteiger partial charge in [-0.2, -0.15) is 0 Å². The van der Waals surface area contributed by atoms with Crippen LogP contribution in [0.1, 0.15) is 63.7 Å². The highest BCUT2D eigenvalue weighted by atomic mass is 16.4. The topological polar surface area (TPSA) is 88.3 Å². The maximum absolute atomic E-state index is 12.5. The number of likely N-dealkylation sites (tertiary alicyclic amines) is 1. The van der Waals surface area contributed by atoms with Gasteiger partial charge in [-0.05, 0) is 25.2 Å². The molecule has 2 amide bonds. The number of carbonyl (C=O) groups excluding carboxylic acids is 2. The van der Waals surface area contributed by atoms with E-state index < -0.39 is 0 Å². The Morgan fingerprint density at radius 1 is 1.20 bits per heavy atom.